The minimum absolute atomic E-state index is 0.406. The molecule has 1 unspecified atom stereocenters. The summed E-state index contributed by atoms with van der Waals surface area (Å²) in [6, 6.07) is 2.14. The summed E-state index contributed by atoms with van der Waals surface area (Å²) in [5, 5.41) is 9.45. The number of hydrogen-bond acceptors (Lipinski definition) is 5. The lowest BCUT2D eigenvalue weighted by atomic mass is 10.2. The fourth-order valence-electron chi connectivity index (χ4n) is 2.08. The average Bonchev–Trinajstić information content (AvgIpc) is 2.43. The lowest BCUT2D eigenvalue weighted by Crippen LogP contribution is -2.42. The topological polar surface area (TPSA) is 62.0 Å². The van der Waals surface area contributed by atoms with E-state index >= 15 is 0 Å². The zero-order valence-electron chi connectivity index (χ0n) is 11.2. The molecule has 1 saturated heterocycles. The van der Waals surface area contributed by atoms with Gasteiger partial charge in [-0.3, -0.25) is 0 Å². The molecule has 1 aromatic rings. The van der Waals surface area contributed by atoms with E-state index in [0.717, 1.165) is 36.6 Å². The number of anilines is 1. The van der Waals surface area contributed by atoms with Gasteiger partial charge in [0.2, 0.25) is 0 Å². The van der Waals surface area contributed by atoms with E-state index in [4.69, 9.17) is 21.6 Å². The summed E-state index contributed by atoms with van der Waals surface area (Å²) in [4.78, 5) is 10.9. The summed E-state index contributed by atoms with van der Waals surface area (Å²) in [5.41, 5.74) is 0.861. The molecule has 0 amide bonds. The highest BCUT2D eigenvalue weighted by Crippen LogP contribution is 2.25. The minimum atomic E-state index is -0.406. The molecule has 1 atom stereocenters. The molecular formula is C13H17ClN4O. The van der Waals surface area contributed by atoms with Crippen molar-refractivity contribution in [2.24, 2.45) is 0 Å². The zero-order chi connectivity index (χ0) is 13.8. The molecule has 102 valence electrons. The summed E-state index contributed by atoms with van der Waals surface area (Å²) in [6.07, 6.45) is 1.37. The number of nitriles is 1. The molecule has 6 heteroatoms. The fourth-order valence-corrected chi connectivity index (χ4v) is 2.27. The standard InChI is InChI=1S/C13H17ClN4O/c1-3-4-11-16-12(14)9(2)13(17-11)18-5-6-19-10(7-15)8-18/h10H,3-6,8H2,1-2H3. The molecule has 2 rings (SSSR count). The van der Waals surface area contributed by atoms with E-state index in [1.807, 2.05) is 6.92 Å². The Labute approximate surface area is 118 Å². The number of ether oxygens (including phenoxy) is 1. The van der Waals surface area contributed by atoms with Gasteiger partial charge in [0.25, 0.3) is 0 Å². The van der Waals surface area contributed by atoms with Crippen LogP contribution in [0.1, 0.15) is 24.7 Å². The monoisotopic (exact) mass is 280 g/mol. The van der Waals surface area contributed by atoms with Gasteiger partial charge >= 0.3 is 0 Å². The fraction of sp³-hybridized carbons (Fsp3) is 0.615. The molecule has 0 saturated carbocycles. The van der Waals surface area contributed by atoms with Gasteiger partial charge in [0.15, 0.2) is 6.10 Å². The Morgan fingerprint density at radius 1 is 1.53 bits per heavy atom. The summed E-state index contributed by atoms with van der Waals surface area (Å²) in [6.45, 7) is 5.76. The summed E-state index contributed by atoms with van der Waals surface area (Å²) >= 11 is 6.17. The first-order chi connectivity index (χ1) is 9.15. The van der Waals surface area contributed by atoms with Gasteiger partial charge in [0.1, 0.15) is 16.8 Å². The van der Waals surface area contributed by atoms with Crippen molar-refractivity contribution in [3.05, 3.63) is 16.5 Å². The highest BCUT2D eigenvalue weighted by Gasteiger charge is 2.23. The Bertz CT molecular complexity index is 500. The van der Waals surface area contributed by atoms with Crippen LogP contribution in [0.15, 0.2) is 0 Å². The SMILES string of the molecule is CCCc1nc(Cl)c(C)c(N2CCOC(C#N)C2)n1. The molecule has 1 aliphatic heterocycles. The maximum Gasteiger partial charge on any atom is 0.161 e. The van der Waals surface area contributed by atoms with Gasteiger partial charge in [-0.1, -0.05) is 18.5 Å². The molecule has 1 aliphatic rings. The van der Waals surface area contributed by atoms with Crippen molar-refractivity contribution in [1.29, 1.82) is 5.26 Å². The third-order valence-corrected chi connectivity index (χ3v) is 3.46. The molecule has 0 spiro atoms. The van der Waals surface area contributed by atoms with Crippen molar-refractivity contribution in [3.8, 4) is 6.07 Å². The molecule has 5 nitrogen and oxygen atoms in total. The first-order valence-corrected chi connectivity index (χ1v) is 6.82. The van der Waals surface area contributed by atoms with Gasteiger partial charge in [-0.15, -0.1) is 0 Å². The Hall–Kier alpha value is -1.38. The van der Waals surface area contributed by atoms with Crippen LogP contribution in [0.2, 0.25) is 5.15 Å². The van der Waals surface area contributed by atoms with E-state index in [1.54, 1.807) is 0 Å². The van der Waals surface area contributed by atoms with Crippen LogP contribution in [-0.2, 0) is 11.2 Å². The maximum absolute atomic E-state index is 8.96. The number of halogens is 1. The molecule has 0 aromatic carbocycles. The van der Waals surface area contributed by atoms with Gasteiger partial charge in [0, 0.05) is 18.5 Å². The predicted octanol–water partition coefficient (Wildman–Crippen LogP) is 2.12. The van der Waals surface area contributed by atoms with Gasteiger partial charge in [0.05, 0.1) is 19.2 Å². The quantitative estimate of drug-likeness (QED) is 0.794. The van der Waals surface area contributed by atoms with E-state index in [2.05, 4.69) is 27.9 Å². The Morgan fingerprint density at radius 2 is 2.32 bits per heavy atom. The van der Waals surface area contributed by atoms with Gasteiger partial charge < -0.3 is 9.64 Å². The van der Waals surface area contributed by atoms with Crippen LogP contribution in [-0.4, -0.2) is 35.8 Å². The van der Waals surface area contributed by atoms with Crippen molar-refractivity contribution in [2.45, 2.75) is 32.8 Å². The van der Waals surface area contributed by atoms with Crippen LogP contribution in [0.5, 0.6) is 0 Å². The Morgan fingerprint density at radius 3 is 3.00 bits per heavy atom. The summed E-state index contributed by atoms with van der Waals surface area (Å²) < 4.78 is 5.35. The lowest BCUT2D eigenvalue weighted by molar-refractivity contribution is 0.0761. The van der Waals surface area contributed by atoms with Crippen LogP contribution in [0.3, 0.4) is 0 Å². The number of nitrogens with zero attached hydrogens (tertiary/aromatic N) is 4. The van der Waals surface area contributed by atoms with Crippen LogP contribution in [0.25, 0.3) is 0 Å². The van der Waals surface area contributed by atoms with Crippen LogP contribution in [0, 0.1) is 18.3 Å². The Balaban J connectivity index is 2.30. The molecule has 0 bridgehead atoms. The van der Waals surface area contributed by atoms with Crippen LogP contribution >= 0.6 is 11.6 Å². The van der Waals surface area contributed by atoms with E-state index in [-0.39, 0.29) is 0 Å². The maximum atomic E-state index is 8.96. The molecule has 1 fully saturated rings. The zero-order valence-corrected chi connectivity index (χ0v) is 11.9. The van der Waals surface area contributed by atoms with E-state index in [0.29, 0.717) is 18.3 Å². The minimum Gasteiger partial charge on any atom is -0.360 e. The van der Waals surface area contributed by atoms with Crippen LogP contribution < -0.4 is 4.90 Å². The predicted molar refractivity (Wildman–Crippen MR) is 73.3 cm³/mol. The number of hydrogen-bond donors (Lipinski definition) is 0. The normalized spacial score (nSPS) is 19.3. The first kappa shape index (κ1) is 14.0. The van der Waals surface area contributed by atoms with Gasteiger partial charge in [-0.05, 0) is 13.3 Å². The first-order valence-electron chi connectivity index (χ1n) is 6.45. The van der Waals surface area contributed by atoms with Crippen LogP contribution in [0.4, 0.5) is 5.82 Å². The molecule has 1 aromatic heterocycles. The van der Waals surface area contributed by atoms with E-state index in [9.17, 15) is 0 Å². The second-order valence-corrected chi connectivity index (χ2v) is 4.92. The van der Waals surface area contributed by atoms with Crippen molar-refractivity contribution < 1.29 is 4.74 Å². The molecule has 0 radical (unpaired) electrons. The van der Waals surface area contributed by atoms with Crippen molar-refractivity contribution >= 4 is 17.4 Å². The summed E-state index contributed by atoms with van der Waals surface area (Å²) in [5.74, 6) is 1.58. The molecule has 0 N–H and O–H groups in total. The van der Waals surface area contributed by atoms with Crippen molar-refractivity contribution in [2.75, 3.05) is 24.6 Å². The molecule has 2 heterocycles. The number of rotatable bonds is 3. The second kappa shape index (κ2) is 6.18. The third kappa shape index (κ3) is 3.14. The third-order valence-electron chi connectivity index (χ3n) is 3.09. The molecular weight excluding hydrogens is 264 g/mol. The van der Waals surface area contributed by atoms with Crippen molar-refractivity contribution in [1.82, 2.24) is 9.97 Å². The van der Waals surface area contributed by atoms with E-state index in [1.165, 1.54) is 0 Å². The smallest absolute Gasteiger partial charge is 0.161 e. The van der Waals surface area contributed by atoms with E-state index < -0.39 is 6.10 Å². The highest BCUT2D eigenvalue weighted by molar-refractivity contribution is 6.30. The number of morpholine rings is 1. The average molecular weight is 281 g/mol. The van der Waals surface area contributed by atoms with Gasteiger partial charge in [-0.2, -0.15) is 5.26 Å². The molecule has 0 aliphatic carbocycles. The van der Waals surface area contributed by atoms with Gasteiger partial charge in [-0.25, -0.2) is 9.97 Å². The second-order valence-electron chi connectivity index (χ2n) is 4.56. The Kier molecular flexibility index (Phi) is 4.56. The number of aromatic nitrogens is 2. The summed E-state index contributed by atoms with van der Waals surface area (Å²) in [7, 11) is 0. The lowest BCUT2D eigenvalue weighted by Gasteiger charge is -2.31. The highest BCUT2D eigenvalue weighted by atomic mass is 35.5. The van der Waals surface area contributed by atoms with Crippen molar-refractivity contribution in [3.63, 3.8) is 0 Å². The largest absolute Gasteiger partial charge is 0.360 e. The number of aryl methyl sites for hydroxylation is 1. The molecule has 19 heavy (non-hydrogen) atoms.